The molecule has 1 atom stereocenters. The predicted octanol–water partition coefficient (Wildman–Crippen LogP) is 1.48. The normalized spacial score (nSPS) is 20.6. The van der Waals surface area contributed by atoms with E-state index in [0.717, 1.165) is 5.56 Å². The van der Waals surface area contributed by atoms with Crippen molar-refractivity contribution in [2.45, 2.75) is 13.3 Å². The summed E-state index contributed by atoms with van der Waals surface area (Å²) in [6.07, 6.45) is 0.339. The van der Waals surface area contributed by atoms with E-state index in [1.165, 1.54) is 17.0 Å². The van der Waals surface area contributed by atoms with Gasteiger partial charge in [-0.05, 0) is 30.7 Å². The second kappa shape index (κ2) is 4.22. The lowest BCUT2D eigenvalue weighted by Crippen LogP contribution is -2.25. The van der Waals surface area contributed by atoms with Crippen LogP contribution in [0.3, 0.4) is 0 Å². The number of aliphatic hydroxyl groups excluding tert-OH is 1. The summed E-state index contributed by atoms with van der Waals surface area (Å²) < 4.78 is 13.2. The molecule has 1 saturated heterocycles. The quantitative estimate of drug-likeness (QED) is 0.825. The Balaban J connectivity index is 2.27. The summed E-state index contributed by atoms with van der Waals surface area (Å²) in [6.45, 7) is 2.26. The van der Waals surface area contributed by atoms with Crippen LogP contribution in [0.25, 0.3) is 0 Å². The lowest BCUT2D eigenvalue weighted by atomic mass is 10.1. The van der Waals surface area contributed by atoms with Crippen LogP contribution in [0.1, 0.15) is 12.0 Å². The second-order valence-electron chi connectivity index (χ2n) is 4.24. The summed E-state index contributed by atoms with van der Waals surface area (Å²) in [7, 11) is 0. The third kappa shape index (κ3) is 2.07. The minimum absolute atomic E-state index is 0.00343. The predicted molar refractivity (Wildman–Crippen MR) is 58.7 cm³/mol. The van der Waals surface area contributed by atoms with Crippen molar-refractivity contribution in [3.63, 3.8) is 0 Å². The maximum atomic E-state index is 13.2. The van der Waals surface area contributed by atoms with Crippen LogP contribution in [0.2, 0.25) is 0 Å². The van der Waals surface area contributed by atoms with Gasteiger partial charge in [-0.15, -0.1) is 0 Å². The maximum absolute atomic E-state index is 13.2. The number of aliphatic hydroxyl groups is 1. The first-order valence-electron chi connectivity index (χ1n) is 5.28. The lowest BCUT2D eigenvalue weighted by Gasteiger charge is -2.17. The molecule has 1 heterocycles. The molecule has 16 heavy (non-hydrogen) atoms. The van der Waals surface area contributed by atoms with Gasteiger partial charge in [0.1, 0.15) is 5.82 Å². The molecule has 1 amide bonds. The van der Waals surface area contributed by atoms with E-state index < -0.39 is 0 Å². The molecule has 1 aromatic rings. The molecule has 0 aromatic heterocycles. The van der Waals surface area contributed by atoms with E-state index in [0.29, 0.717) is 18.7 Å². The van der Waals surface area contributed by atoms with E-state index in [-0.39, 0.29) is 24.2 Å². The van der Waals surface area contributed by atoms with Crippen LogP contribution in [0.15, 0.2) is 18.2 Å². The topological polar surface area (TPSA) is 40.5 Å². The van der Waals surface area contributed by atoms with Crippen LogP contribution in [0.4, 0.5) is 10.1 Å². The first-order valence-corrected chi connectivity index (χ1v) is 5.28. The van der Waals surface area contributed by atoms with Crippen molar-refractivity contribution in [3.05, 3.63) is 29.6 Å². The van der Waals surface area contributed by atoms with Crippen LogP contribution in [0.5, 0.6) is 0 Å². The molecule has 0 spiro atoms. The number of hydrogen-bond acceptors (Lipinski definition) is 2. The van der Waals surface area contributed by atoms with E-state index >= 15 is 0 Å². The number of carbonyl (C=O) groups excluding carboxylic acids is 1. The Hall–Kier alpha value is -1.42. The molecule has 0 saturated carbocycles. The summed E-state index contributed by atoms with van der Waals surface area (Å²) >= 11 is 0. The van der Waals surface area contributed by atoms with Gasteiger partial charge in [0.2, 0.25) is 5.91 Å². The Labute approximate surface area is 93.5 Å². The van der Waals surface area contributed by atoms with E-state index in [1.807, 2.05) is 0 Å². The largest absolute Gasteiger partial charge is 0.396 e. The Morgan fingerprint density at radius 3 is 2.81 bits per heavy atom. The van der Waals surface area contributed by atoms with Crippen molar-refractivity contribution in [1.82, 2.24) is 0 Å². The third-order valence-electron chi connectivity index (χ3n) is 2.80. The summed E-state index contributed by atoms with van der Waals surface area (Å²) in [5.41, 5.74) is 1.37. The van der Waals surface area contributed by atoms with Crippen molar-refractivity contribution < 1.29 is 14.3 Å². The molecule has 4 heteroatoms. The average molecular weight is 223 g/mol. The number of anilines is 1. The van der Waals surface area contributed by atoms with Crippen molar-refractivity contribution in [1.29, 1.82) is 0 Å². The smallest absolute Gasteiger partial charge is 0.227 e. The van der Waals surface area contributed by atoms with Crippen molar-refractivity contribution in [2.24, 2.45) is 5.92 Å². The molecule has 1 aromatic carbocycles. The molecule has 0 bridgehead atoms. The minimum atomic E-state index is -0.338. The van der Waals surface area contributed by atoms with Gasteiger partial charge in [0, 0.05) is 31.2 Å². The Morgan fingerprint density at radius 1 is 1.50 bits per heavy atom. The van der Waals surface area contributed by atoms with Gasteiger partial charge in [0.25, 0.3) is 0 Å². The zero-order valence-electron chi connectivity index (χ0n) is 9.11. The number of aryl methyl sites for hydroxylation is 1. The number of nitrogens with zero attached hydrogens (tertiary/aromatic N) is 1. The standard InChI is InChI=1S/C12H14FNO2/c1-8-2-10(13)5-11(3-8)14-6-9(7-15)4-12(14)16/h2-3,5,9,15H,4,6-7H2,1H3. The van der Waals surface area contributed by atoms with E-state index in [4.69, 9.17) is 5.11 Å². The molecule has 3 nitrogen and oxygen atoms in total. The zero-order chi connectivity index (χ0) is 11.7. The van der Waals surface area contributed by atoms with Gasteiger partial charge in [-0.2, -0.15) is 0 Å². The van der Waals surface area contributed by atoms with Gasteiger partial charge in [-0.3, -0.25) is 4.79 Å². The fourth-order valence-corrected chi connectivity index (χ4v) is 2.03. The molecule has 1 unspecified atom stereocenters. The molecule has 1 aliphatic rings. The lowest BCUT2D eigenvalue weighted by molar-refractivity contribution is -0.117. The fraction of sp³-hybridized carbons (Fsp3) is 0.417. The first-order chi connectivity index (χ1) is 7.60. The van der Waals surface area contributed by atoms with Gasteiger partial charge in [0.15, 0.2) is 0 Å². The van der Waals surface area contributed by atoms with Crippen molar-refractivity contribution in [3.8, 4) is 0 Å². The highest BCUT2D eigenvalue weighted by molar-refractivity contribution is 5.95. The third-order valence-corrected chi connectivity index (χ3v) is 2.80. The number of carbonyl (C=O) groups is 1. The second-order valence-corrected chi connectivity index (χ2v) is 4.24. The molecule has 0 radical (unpaired) electrons. The van der Waals surface area contributed by atoms with Crippen LogP contribution in [-0.4, -0.2) is 24.2 Å². The van der Waals surface area contributed by atoms with Crippen LogP contribution in [-0.2, 0) is 4.79 Å². The van der Waals surface area contributed by atoms with Crippen molar-refractivity contribution >= 4 is 11.6 Å². The number of rotatable bonds is 2. The molecule has 1 fully saturated rings. The molecule has 1 aliphatic heterocycles. The molecule has 1 N–H and O–H groups in total. The van der Waals surface area contributed by atoms with Gasteiger partial charge in [-0.1, -0.05) is 0 Å². The van der Waals surface area contributed by atoms with Gasteiger partial charge >= 0.3 is 0 Å². The Morgan fingerprint density at radius 2 is 2.25 bits per heavy atom. The van der Waals surface area contributed by atoms with Crippen LogP contribution in [0, 0.1) is 18.7 Å². The molecule has 2 rings (SSSR count). The Bertz CT molecular complexity index is 399. The maximum Gasteiger partial charge on any atom is 0.227 e. The summed E-state index contributed by atoms with van der Waals surface area (Å²) in [5.74, 6) is -0.421. The van der Waals surface area contributed by atoms with Gasteiger partial charge < -0.3 is 10.0 Å². The highest BCUT2D eigenvalue weighted by Crippen LogP contribution is 2.26. The van der Waals surface area contributed by atoms with E-state index in [9.17, 15) is 9.18 Å². The van der Waals surface area contributed by atoms with E-state index in [1.54, 1.807) is 13.0 Å². The molecule has 0 aliphatic carbocycles. The fourth-order valence-electron chi connectivity index (χ4n) is 2.03. The highest BCUT2D eigenvalue weighted by Gasteiger charge is 2.30. The number of halogens is 1. The monoisotopic (exact) mass is 223 g/mol. The first kappa shape index (κ1) is 11.1. The molecular weight excluding hydrogens is 209 g/mol. The SMILES string of the molecule is Cc1cc(F)cc(N2CC(CO)CC2=O)c1. The highest BCUT2D eigenvalue weighted by atomic mass is 19.1. The summed E-state index contributed by atoms with van der Waals surface area (Å²) in [5, 5.41) is 9.00. The summed E-state index contributed by atoms with van der Waals surface area (Å²) in [4.78, 5) is 13.2. The number of amides is 1. The summed E-state index contributed by atoms with van der Waals surface area (Å²) in [6, 6.07) is 4.55. The molecular formula is C12H14FNO2. The average Bonchev–Trinajstić information content (AvgIpc) is 2.58. The van der Waals surface area contributed by atoms with Gasteiger partial charge in [-0.25, -0.2) is 4.39 Å². The van der Waals surface area contributed by atoms with Crippen LogP contribution < -0.4 is 4.90 Å². The minimum Gasteiger partial charge on any atom is -0.396 e. The van der Waals surface area contributed by atoms with E-state index in [2.05, 4.69) is 0 Å². The molecule has 86 valence electrons. The number of benzene rings is 1. The zero-order valence-corrected chi connectivity index (χ0v) is 9.11. The van der Waals surface area contributed by atoms with Crippen LogP contribution >= 0.6 is 0 Å². The van der Waals surface area contributed by atoms with Crippen molar-refractivity contribution in [2.75, 3.05) is 18.1 Å². The Kier molecular flexibility index (Phi) is 2.92. The number of hydrogen-bond donors (Lipinski definition) is 1. The van der Waals surface area contributed by atoms with Gasteiger partial charge in [0.05, 0.1) is 0 Å².